The number of carbonyl (C=O) groups excluding carboxylic acids is 1. The molecule has 0 saturated heterocycles. The molecule has 3 aromatic rings. The highest BCUT2D eigenvalue weighted by atomic mass is 16.6. The summed E-state index contributed by atoms with van der Waals surface area (Å²) in [5.41, 5.74) is 2.38. The molecular weight excluding hydrogens is 414 g/mol. The van der Waals surface area contributed by atoms with E-state index < -0.39 is 9.85 Å². The highest BCUT2D eigenvalue weighted by Crippen LogP contribution is 2.33. The fourth-order valence-corrected chi connectivity index (χ4v) is 3.29. The number of amidine groups is 1. The number of hydrogen-bond acceptors (Lipinski definition) is 7. The van der Waals surface area contributed by atoms with Gasteiger partial charge in [-0.05, 0) is 30.3 Å². The molecule has 158 valence electrons. The Kier molecular flexibility index (Phi) is 5.25. The SMILES string of the molecule is CC(=O)N1C(=Nc2ccc([N+](=O)[O-])cc2)C(=Nc2ccc([N+](=O)[O-])cc2)c2ccccc21. The van der Waals surface area contributed by atoms with E-state index in [-0.39, 0.29) is 23.1 Å². The van der Waals surface area contributed by atoms with Crippen molar-refractivity contribution in [1.82, 2.24) is 0 Å². The third-order valence-corrected chi connectivity index (χ3v) is 4.74. The Labute approximate surface area is 181 Å². The fraction of sp³-hybridized carbons (Fsp3) is 0.0455. The Balaban J connectivity index is 1.86. The van der Waals surface area contributed by atoms with Gasteiger partial charge in [0.05, 0.1) is 26.9 Å². The minimum absolute atomic E-state index is 0.0640. The Morgan fingerprint density at radius 2 is 1.28 bits per heavy atom. The molecule has 0 radical (unpaired) electrons. The summed E-state index contributed by atoms with van der Waals surface area (Å²) in [7, 11) is 0. The van der Waals surface area contributed by atoms with Crippen LogP contribution in [0.25, 0.3) is 0 Å². The molecule has 0 atom stereocenters. The van der Waals surface area contributed by atoms with Crippen LogP contribution >= 0.6 is 0 Å². The molecule has 0 unspecified atom stereocenters. The van der Waals surface area contributed by atoms with E-state index in [1.165, 1.54) is 60.4 Å². The van der Waals surface area contributed by atoms with Crippen LogP contribution in [0.4, 0.5) is 28.4 Å². The fourth-order valence-electron chi connectivity index (χ4n) is 3.29. The van der Waals surface area contributed by atoms with Crippen LogP contribution in [0.5, 0.6) is 0 Å². The van der Waals surface area contributed by atoms with Crippen molar-refractivity contribution in [2.45, 2.75) is 6.92 Å². The van der Waals surface area contributed by atoms with Crippen LogP contribution in [-0.2, 0) is 4.79 Å². The number of para-hydroxylation sites is 1. The van der Waals surface area contributed by atoms with Crippen LogP contribution in [0.1, 0.15) is 12.5 Å². The average molecular weight is 429 g/mol. The van der Waals surface area contributed by atoms with Gasteiger partial charge in [0.1, 0.15) is 5.71 Å². The van der Waals surface area contributed by atoms with Crippen molar-refractivity contribution >= 4 is 45.9 Å². The quantitative estimate of drug-likeness (QED) is 0.437. The predicted molar refractivity (Wildman–Crippen MR) is 119 cm³/mol. The molecule has 10 heteroatoms. The molecule has 1 amide bonds. The van der Waals surface area contributed by atoms with Gasteiger partial charge in [0.25, 0.3) is 11.4 Å². The maximum Gasteiger partial charge on any atom is 0.269 e. The van der Waals surface area contributed by atoms with Crippen molar-refractivity contribution in [3.05, 3.63) is 98.6 Å². The second-order valence-corrected chi connectivity index (χ2v) is 6.81. The summed E-state index contributed by atoms with van der Waals surface area (Å²) >= 11 is 0. The number of anilines is 1. The maximum atomic E-state index is 12.5. The third kappa shape index (κ3) is 3.84. The highest BCUT2D eigenvalue weighted by molar-refractivity contribution is 6.60. The van der Waals surface area contributed by atoms with Crippen LogP contribution in [0.3, 0.4) is 0 Å². The van der Waals surface area contributed by atoms with Crippen LogP contribution in [0.15, 0.2) is 82.8 Å². The predicted octanol–water partition coefficient (Wildman–Crippen LogP) is 4.72. The minimum Gasteiger partial charge on any atom is -0.274 e. The monoisotopic (exact) mass is 429 g/mol. The molecule has 10 nitrogen and oxygen atoms in total. The van der Waals surface area contributed by atoms with E-state index in [0.29, 0.717) is 28.3 Å². The maximum absolute atomic E-state index is 12.5. The van der Waals surface area contributed by atoms with Gasteiger partial charge >= 0.3 is 0 Å². The molecule has 1 aliphatic heterocycles. The Morgan fingerprint density at radius 3 is 1.78 bits per heavy atom. The normalized spacial score (nSPS) is 15.1. The summed E-state index contributed by atoms with van der Waals surface area (Å²) in [5, 5.41) is 21.8. The second-order valence-electron chi connectivity index (χ2n) is 6.81. The zero-order chi connectivity index (χ0) is 22.8. The summed E-state index contributed by atoms with van der Waals surface area (Å²) in [6.45, 7) is 1.40. The zero-order valence-corrected chi connectivity index (χ0v) is 16.7. The van der Waals surface area contributed by atoms with Gasteiger partial charge in [0, 0.05) is 36.8 Å². The van der Waals surface area contributed by atoms with E-state index in [4.69, 9.17) is 0 Å². The van der Waals surface area contributed by atoms with Crippen molar-refractivity contribution < 1.29 is 14.6 Å². The molecule has 0 aromatic heterocycles. The number of rotatable bonds is 4. The van der Waals surface area contributed by atoms with E-state index in [1.807, 2.05) is 0 Å². The topological polar surface area (TPSA) is 131 Å². The molecule has 0 fully saturated rings. The standard InChI is InChI=1S/C22H15N5O5/c1-14(28)25-20-5-3-2-4-19(20)21(23-15-6-10-17(11-7-15)26(29)30)22(25)24-16-8-12-18(13-9-16)27(31)32/h2-13H,1H3. The number of nitro groups is 2. The smallest absolute Gasteiger partial charge is 0.269 e. The molecule has 3 aromatic carbocycles. The largest absolute Gasteiger partial charge is 0.274 e. The number of amides is 1. The van der Waals surface area contributed by atoms with Gasteiger partial charge < -0.3 is 0 Å². The molecule has 0 bridgehead atoms. The minimum atomic E-state index is -0.508. The van der Waals surface area contributed by atoms with Gasteiger partial charge in [-0.3, -0.25) is 29.9 Å². The summed E-state index contributed by atoms with van der Waals surface area (Å²) in [6, 6.07) is 18.5. The summed E-state index contributed by atoms with van der Waals surface area (Å²) in [5.74, 6) is -0.0297. The number of nitrogens with zero attached hydrogens (tertiary/aromatic N) is 5. The summed E-state index contributed by atoms with van der Waals surface area (Å²) in [6.07, 6.45) is 0. The number of benzene rings is 3. The van der Waals surface area contributed by atoms with Crippen LogP contribution in [-0.4, -0.2) is 27.3 Å². The van der Waals surface area contributed by atoms with Crippen molar-refractivity contribution in [2.75, 3.05) is 4.90 Å². The molecule has 0 saturated carbocycles. The Morgan fingerprint density at radius 1 is 0.781 bits per heavy atom. The Bertz CT molecular complexity index is 1300. The van der Waals surface area contributed by atoms with Crippen LogP contribution < -0.4 is 4.90 Å². The van der Waals surface area contributed by atoms with Gasteiger partial charge in [-0.15, -0.1) is 0 Å². The van der Waals surface area contributed by atoms with Gasteiger partial charge in [-0.25, -0.2) is 9.98 Å². The molecule has 0 N–H and O–H groups in total. The molecule has 1 heterocycles. The number of nitro benzene ring substituents is 2. The van der Waals surface area contributed by atoms with Crippen LogP contribution in [0.2, 0.25) is 0 Å². The number of carbonyl (C=O) groups is 1. The van der Waals surface area contributed by atoms with Gasteiger partial charge in [-0.2, -0.15) is 0 Å². The van der Waals surface area contributed by atoms with Gasteiger partial charge in [0.15, 0.2) is 5.84 Å². The lowest BCUT2D eigenvalue weighted by atomic mass is 10.1. The van der Waals surface area contributed by atoms with Crippen LogP contribution in [0, 0.1) is 20.2 Å². The van der Waals surface area contributed by atoms with E-state index in [0.717, 1.165) is 0 Å². The van der Waals surface area contributed by atoms with Gasteiger partial charge in [-0.1, -0.05) is 18.2 Å². The lowest BCUT2D eigenvalue weighted by Gasteiger charge is -2.15. The number of aliphatic imine (C=N–C) groups is 2. The summed E-state index contributed by atoms with van der Waals surface area (Å²) < 4.78 is 0. The first kappa shape index (κ1) is 20.5. The van der Waals surface area contributed by atoms with E-state index >= 15 is 0 Å². The number of hydrogen-bond donors (Lipinski definition) is 0. The van der Waals surface area contributed by atoms with Gasteiger partial charge in [0.2, 0.25) is 5.91 Å². The van der Waals surface area contributed by atoms with E-state index in [1.54, 1.807) is 24.3 Å². The Hall–Kier alpha value is -4.73. The second kappa shape index (κ2) is 8.19. The van der Waals surface area contributed by atoms with Crippen molar-refractivity contribution in [3.63, 3.8) is 0 Å². The molecule has 1 aliphatic rings. The lowest BCUT2D eigenvalue weighted by molar-refractivity contribution is -0.385. The molecule has 0 aliphatic carbocycles. The molecule has 32 heavy (non-hydrogen) atoms. The average Bonchev–Trinajstić information content (AvgIpc) is 3.07. The summed E-state index contributed by atoms with van der Waals surface area (Å²) in [4.78, 5) is 43.9. The van der Waals surface area contributed by atoms with E-state index in [2.05, 4.69) is 9.98 Å². The zero-order valence-electron chi connectivity index (χ0n) is 16.7. The molecule has 4 rings (SSSR count). The highest BCUT2D eigenvalue weighted by Gasteiger charge is 2.34. The first-order valence-corrected chi connectivity index (χ1v) is 9.42. The van der Waals surface area contributed by atoms with Crippen molar-refractivity contribution in [2.24, 2.45) is 9.98 Å². The number of fused-ring (bicyclic) bond motifs is 1. The number of non-ortho nitro benzene ring substituents is 2. The molecule has 0 spiro atoms. The van der Waals surface area contributed by atoms with E-state index in [9.17, 15) is 25.0 Å². The first-order chi connectivity index (χ1) is 15.3. The van der Waals surface area contributed by atoms with Crippen molar-refractivity contribution in [3.8, 4) is 0 Å². The first-order valence-electron chi connectivity index (χ1n) is 9.42. The lowest BCUT2D eigenvalue weighted by Crippen LogP contribution is -2.34. The third-order valence-electron chi connectivity index (χ3n) is 4.74. The van der Waals surface area contributed by atoms with Crippen molar-refractivity contribution in [1.29, 1.82) is 0 Å². The molecular formula is C22H15N5O5.